The fourth-order valence-corrected chi connectivity index (χ4v) is 3.79. The van der Waals surface area contributed by atoms with Crippen LogP contribution >= 0.6 is 0 Å². The zero-order chi connectivity index (χ0) is 24.0. The summed E-state index contributed by atoms with van der Waals surface area (Å²) in [7, 11) is 3.81. The summed E-state index contributed by atoms with van der Waals surface area (Å²) in [6, 6.07) is 13.5. The average molecular weight is 453 g/mol. The van der Waals surface area contributed by atoms with E-state index in [1.165, 1.54) is 4.90 Å². The first-order valence-corrected chi connectivity index (χ1v) is 11.3. The molecule has 2 aromatic carbocycles. The molecule has 2 aromatic rings. The minimum absolute atomic E-state index is 0.0792. The molecule has 176 valence electrons. The van der Waals surface area contributed by atoms with Crippen LogP contribution in [-0.4, -0.2) is 67.0 Å². The van der Waals surface area contributed by atoms with Crippen LogP contribution in [-0.2, 0) is 9.59 Å². The zero-order valence-corrected chi connectivity index (χ0v) is 19.7. The number of carbonyl (C=O) groups is 2. The standard InChI is InChI=1S/C26H32N2O5/c1-5-16-33-21-9-7-8-19(17-21)23-22(25(30)26(31)28(23)15-14-27(3)4)24(29)18-10-12-20(13-11-18)32-6-2/h7-13,17,23,29H,5-6,14-16H2,1-4H3/b24-22+/t23-/m0/s1. The van der Waals surface area contributed by atoms with E-state index >= 15 is 0 Å². The van der Waals surface area contributed by atoms with E-state index in [4.69, 9.17) is 9.47 Å². The Hall–Kier alpha value is -3.32. The molecule has 1 fully saturated rings. The average Bonchev–Trinajstić information content (AvgIpc) is 3.06. The van der Waals surface area contributed by atoms with Crippen LogP contribution in [0.1, 0.15) is 37.4 Å². The molecule has 1 amide bonds. The maximum absolute atomic E-state index is 13.1. The van der Waals surface area contributed by atoms with Crippen LogP contribution in [0.2, 0.25) is 0 Å². The topological polar surface area (TPSA) is 79.3 Å². The molecule has 0 radical (unpaired) electrons. The largest absolute Gasteiger partial charge is 0.507 e. The molecule has 33 heavy (non-hydrogen) atoms. The minimum atomic E-state index is -0.707. The Kier molecular flexibility index (Phi) is 8.11. The van der Waals surface area contributed by atoms with Crippen LogP contribution in [0.5, 0.6) is 11.5 Å². The Morgan fingerprint density at radius 2 is 1.76 bits per heavy atom. The van der Waals surface area contributed by atoms with Crippen LogP contribution in [0.4, 0.5) is 0 Å². The van der Waals surface area contributed by atoms with E-state index in [0.717, 1.165) is 6.42 Å². The van der Waals surface area contributed by atoms with Gasteiger partial charge >= 0.3 is 0 Å². The number of hydrogen-bond acceptors (Lipinski definition) is 6. The molecule has 0 aromatic heterocycles. The number of amides is 1. The van der Waals surface area contributed by atoms with E-state index in [0.29, 0.717) is 48.9 Å². The summed E-state index contributed by atoms with van der Waals surface area (Å²) in [6.07, 6.45) is 0.864. The van der Waals surface area contributed by atoms with Crippen molar-refractivity contribution in [3.8, 4) is 11.5 Å². The number of Topliss-reactive ketones (excluding diaryl/α,β-unsaturated/α-hetero) is 1. The zero-order valence-electron chi connectivity index (χ0n) is 19.7. The van der Waals surface area contributed by atoms with Gasteiger partial charge in [0.25, 0.3) is 11.7 Å². The summed E-state index contributed by atoms with van der Waals surface area (Å²) >= 11 is 0. The Balaban J connectivity index is 2.08. The number of rotatable bonds is 10. The molecule has 7 nitrogen and oxygen atoms in total. The fraction of sp³-hybridized carbons (Fsp3) is 0.385. The van der Waals surface area contributed by atoms with Crippen molar-refractivity contribution in [1.29, 1.82) is 0 Å². The third-order valence-electron chi connectivity index (χ3n) is 5.41. The highest BCUT2D eigenvalue weighted by atomic mass is 16.5. The highest BCUT2D eigenvalue weighted by Gasteiger charge is 2.46. The van der Waals surface area contributed by atoms with Gasteiger partial charge in [-0.2, -0.15) is 0 Å². The van der Waals surface area contributed by atoms with Gasteiger partial charge in [-0.15, -0.1) is 0 Å². The summed E-state index contributed by atoms with van der Waals surface area (Å²) in [5, 5.41) is 11.2. The van der Waals surface area contributed by atoms with Gasteiger partial charge in [0.2, 0.25) is 0 Å². The van der Waals surface area contributed by atoms with Crippen LogP contribution in [0.15, 0.2) is 54.1 Å². The molecule has 0 aliphatic carbocycles. The Morgan fingerprint density at radius 3 is 2.39 bits per heavy atom. The number of nitrogens with zero attached hydrogens (tertiary/aromatic N) is 2. The van der Waals surface area contributed by atoms with Gasteiger partial charge < -0.3 is 24.4 Å². The van der Waals surface area contributed by atoms with Gasteiger partial charge in [-0.25, -0.2) is 0 Å². The van der Waals surface area contributed by atoms with E-state index in [9.17, 15) is 14.7 Å². The summed E-state index contributed by atoms with van der Waals surface area (Å²) in [6.45, 7) is 5.94. The Morgan fingerprint density at radius 1 is 1.03 bits per heavy atom. The summed E-state index contributed by atoms with van der Waals surface area (Å²) in [5.41, 5.74) is 1.25. The predicted octanol–water partition coefficient (Wildman–Crippen LogP) is 3.86. The fourth-order valence-electron chi connectivity index (χ4n) is 3.79. The van der Waals surface area contributed by atoms with Crippen molar-refractivity contribution in [2.24, 2.45) is 0 Å². The second kappa shape index (κ2) is 11.0. The van der Waals surface area contributed by atoms with Crippen molar-refractivity contribution in [3.63, 3.8) is 0 Å². The molecular formula is C26H32N2O5. The van der Waals surface area contributed by atoms with Crippen molar-refractivity contribution >= 4 is 17.4 Å². The van der Waals surface area contributed by atoms with Crippen LogP contribution < -0.4 is 9.47 Å². The number of likely N-dealkylation sites (tertiary alicyclic amines) is 1. The third kappa shape index (κ3) is 5.54. The van der Waals surface area contributed by atoms with Gasteiger partial charge in [0.1, 0.15) is 17.3 Å². The lowest BCUT2D eigenvalue weighted by Gasteiger charge is -2.27. The molecule has 3 rings (SSSR count). The molecular weight excluding hydrogens is 420 g/mol. The first-order chi connectivity index (χ1) is 15.9. The number of aliphatic hydroxyl groups is 1. The lowest BCUT2D eigenvalue weighted by Crippen LogP contribution is -2.35. The molecule has 0 unspecified atom stereocenters. The maximum Gasteiger partial charge on any atom is 0.295 e. The van der Waals surface area contributed by atoms with E-state index in [1.54, 1.807) is 24.3 Å². The van der Waals surface area contributed by atoms with Gasteiger partial charge in [-0.1, -0.05) is 19.1 Å². The highest BCUT2D eigenvalue weighted by Crippen LogP contribution is 2.40. The van der Waals surface area contributed by atoms with Crippen LogP contribution in [0.25, 0.3) is 5.76 Å². The molecule has 0 bridgehead atoms. The lowest BCUT2D eigenvalue weighted by atomic mass is 9.95. The van der Waals surface area contributed by atoms with E-state index in [2.05, 4.69) is 0 Å². The van der Waals surface area contributed by atoms with Crippen molar-refractivity contribution in [2.75, 3.05) is 40.4 Å². The molecule has 1 atom stereocenters. The molecule has 0 saturated carbocycles. The number of hydrogen-bond donors (Lipinski definition) is 1. The number of carbonyl (C=O) groups excluding carboxylic acids is 2. The number of likely N-dealkylation sites (N-methyl/N-ethyl adjacent to an activating group) is 1. The van der Waals surface area contributed by atoms with E-state index in [1.807, 2.05) is 57.1 Å². The third-order valence-corrected chi connectivity index (χ3v) is 5.41. The van der Waals surface area contributed by atoms with Crippen molar-refractivity contribution in [1.82, 2.24) is 9.80 Å². The SMILES string of the molecule is CCCOc1cccc([C@H]2/C(=C(\O)c3ccc(OCC)cc3)C(=O)C(=O)N2CCN(C)C)c1. The molecule has 0 spiro atoms. The van der Waals surface area contributed by atoms with Gasteiger partial charge in [0.15, 0.2) is 0 Å². The van der Waals surface area contributed by atoms with Crippen molar-refractivity contribution < 1.29 is 24.2 Å². The normalized spacial score (nSPS) is 17.6. The Bertz CT molecular complexity index is 1010. The number of ether oxygens (including phenoxy) is 2. The predicted molar refractivity (Wildman–Crippen MR) is 127 cm³/mol. The van der Waals surface area contributed by atoms with E-state index < -0.39 is 17.7 Å². The monoisotopic (exact) mass is 452 g/mol. The second-order valence-electron chi connectivity index (χ2n) is 8.17. The van der Waals surface area contributed by atoms with Crippen molar-refractivity contribution in [3.05, 3.63) is 65.2 Å². The number of benzene rings is 2. The summed E-state index contributed by atoms with van der Waals surface area (Å²) < 4.78 is 11.2. The summed E-state index contributed by atoms with van der Waals surface area (Å²) in [5.74, 6) is -0.181. The van der Waals surface area contributed by atoms with Gasteiger partial charge in [-0.3, -0.25) is 9.59 Å². The van der Waals surface area contributed by atoms with Crippen LogP contribution in [0, 0.1) is 0 Å². The van der Waals surface area contributed by atoms with Gasteiger partial charge in [0.05, 0.1) is 24.8 Å². The molecule has 1 N–H and O–H groups in total. The Labute approximate surface area is 195 Å². The smallest absolute Gasteiger partial charge is 0.295 e. The van der Waals surface area contributed by atoms with Crippen LogP contribution in [0.3, 0.4) is 0 Å². The first-order valence-electron chi connectivity index (χ1n) is 11.3. The lowest BCUT2D eigenvalue weighted by molar-refractivity contribution is -0.140. The van der Waals surface area contributed by atoms with E-state index in [-0.39, 0.29) is 11.3 Å². The van der Waals surface area contributed by atoms with Gasteiger partial charge in [0, 0.05) is 18.7 Å². The van der Waals surface area contributed by atoms with Crippen molar-refractivity contribution in [2.45, 2.75) is 26.3 Å². The van der Waals surface area contributed by atoms with Gasteiger partial charge in [-0.05, 0) is 69.4 Å². The summed E-state index contributed by atoms with van der Waals surface area (Å²) in [4.78, 5) is 29.6. The molecule has 1 saturated heterocycles. The number of ketones is 1. The molecule has 1 heterocycles. The minimum Gasteiger partial charge on any atom is -0.507 e. The first kappa shape index (κ1) is 24.3. The molecule has 7 heteroatoms. The second-order valence-corrected chi connectivity index (χ2v) is 8.17. The molecule has 1 aliphatic heterocycles. The molecule has 1 aliphatic rings. The number of aliphatic hydroxyl groups excluding tert-OH is 1. The maximum atomic E-state index is 13.1. The highest BCUT2D eigenvalue weighted by molar-refractivity contribution is 6.46. The quantitative estimate of drug-likeness (QED) is 0.335.